The van der Waals surface area contributed by atoms with Crippen molar-refractivity contribution in [3.63, 3.8) is 0 Å². The van der Waals surface area contributed by atoms with E-state index in [0.717, 1.165) is 10.6 Å². The van der Waals surface area contributed by atoms with Gasteiger partial charge in [-0.2, -0.15) is 0 Å². The second kappa shape index (κ2) is 8.16. The Morgan fingerprint density at radius 3 is 2.62 bits per heavy atom. The first-order valence-corrected chi connectivity index (χ1v) is 8.45. The average Bonchev–Trinajstić information content (AvgIpc) is 2.51. The van der Waals surface area contributed by atoms with Crippen molar-refractivity contribution in [1.82, 2.24) is 9.80 Å². The van der Waals surface area contributed by atoms with Gasteiger partial charge in [-0.25, -0.2) is 0 Å². The van der Waals surface area contributed by atoms with E-state index in [1.807, 2.05) is 43.3 Å². The van der Waals surface area contributed by atoms with Crippen molar-refractivity contribution in [2.75, 3.05) is 39.0 Å². The summed E-state index contributed by atoms with van der Waals surface area (Å²) in [5, 5.41) is 11.2. The number of hydrogen-bond donors (Lipinski definition) is 2. The van der Waals surface area contributed by atoms with Gasteiger partial charge in [0.1, 0.15) is 6.54 Å². The Morgan fingerprint density at radius 1 is 1.25 bits per heavy atom. The number of aliphatic carboxylic acids is 1. The van der Waals surface area contributed by atoms with Crippen molar-refractivity contribution in [2.24, 2.45) is 0 Å². The lowest BCUT2D eigenvalue weighted by atomic mass is 10.2. The van der Waals surface area contributed by atoms with Crippen LogP contribution >= 0.6 is 11.8 Å². The molecule has 0 fully saturated rings. The molecule has 0 bridgehead atoms. The predicted molar refractivity (Wildman–Crippen MR) is 92.1 cm³/mol. The maximum Gasteiger partial charge on any atom is 0.323 e. The molecule has 8 heteroatoms. The predicted octanol–water partition coefficient (Wildman–Crippen LogP) is 0.964. The summed E-state index contributed by atoms with van der Waals surface area (Å²) in [5.41, 5.74) is 0.742. The van der Waals surface area contributed by atoms with Gasteiger partial charge in [-0.15, -0.1) is 11.8 Å². The number of fused-ring (bicyclic) bond motifs is 1. The number of carbonyl (C=O) groups excluding carboxylic acids is 2. The molecule has 7 nitrogen and oxygen atoms in total. The van der Waals surface area contributed by atoms with Crippen LogP contribution < -0.4 is 5.32 Å². The monoisotopic (exact) mass is 351 g/mol. The normalized spacial score (nSPS) is 16.5. The smallest absolute Gasteiger partial charge is 0.323 e. The van der Waals surface area contributed by atoms with Crippen LogP contribution in [0.25, 0.3) is 0 Å². The highest BCUT2D eigenvalue weighted by atomic mass is 32.2. The van der Waals surface area contributed by atoms with Gasteiger partial charge in [0.15, 0.2) is 0 Å². The van der Waals surface area contributed by atoms with E-state index in [0.29, 0.717) is 13.1 Å². The molecule has 1 aromatic carbocycles. The Morgan fingerprint density at radius 2 is 1.96 bits per heavy atom. The standard InChI is InChI=1S/C16H21N3O4S/c1-18(2)7-8-19(10-15(21)22)14(20)9-13-16(23)17-11-5-3-4-6-12(11)24-13/h3-6,13H,7-10H2,1-2H3,(H,17,23)(H,21,22). The van der Waals surface area contributed by atoms with Gasteiger partial charge in [-0.1, -0.05) is 12.1 Å². The number of thioether (sulfide) groups is 1. The van der Waals surface area contributed by atoms with E-state index in [9.17, 15) is 14.4 Å². The van der Waals surface area contributed by atoms with Crippen LogP contribution in [0.2, 0.25) is 0 Å². The highest BCUT2D eigenvalue weighted by Crippen LogP contribution is 2.36. The second-order valence-electron chi connectivity index (χ2n) is 5.81. The minimum absolute atomic E-state index is 0.0223. The third-order valence-electron chi connectivity index (χ3n) is 3.56. The van der Waals surface area contributed by atoms with Gasteiger partial charge in [0.2, 0.25) is 11.8 Å². The summed E-state index contributed by atoms with van der Waals surface area (Å²) in [6, 6.07) is 7.40. The molecule has 2 N–H and O–H groups in total. The van der Waals surface area contributed by atoms with E-state index in [1.165, 1.54) is 16.7 Å². The SMILES string of the molecule is CN(C)CCN(CC(=O)O)C(=O)CC1Sc2ccccc2NC1=O. The topological polar surface area (TPSA) is 89.9 Å². The van der Waals surface area contributed by atoms with E-state index >= 15 is 0 Å². The summed E-state index contributed by atoms with van der Waals surface area (Å²) < 4.78 is 0. The number of rotatable bonds is 7. The zero-order chi connectivity index (χ0) is 17.7. The second-order valence-corrected chi connectivity index (χ2v) is 7.05. The number of benzene rings is 1. The summed E-state index contributed by atoms with van der Waals surface area (Å²) in [5.74, 6) is -1.62. The van der Waals surface area contributed by atoms with Gasteiger partial charge in [0, 0.05) is 24.4 Å². The van der Waals surface area contributed by atoms with Crippen molar-refractivity contribution in [3.8, 4) is 0 Å². The lowest BCUT2D eigenvalue weighted by molar-refractivity contribution is -0.144. The first-order valence-electron chi connectivity index (χ1n) is 7.57. The summed E-state index contributed by atoms with van der Waals surface area (Å²) in [7, 11) is 3.70. The van der Waals surface area contributed by atoms with Crippen molar-refractivity contribution in [1.29, 1.82) is 0 Å². The fourth-order valence-electron chi connectivity index (χ4n) is 2.29. The molecular weight excluding hydrogens is 330 g/mol. The van der Waals surface area contributed by atoms with Crippen molar-refractivity contribution in [3.05, 3.63) is 24.3 Å². The van der Waals surface area contributed by atoms with Crippen LogP contribution in [0.1, 0.15) is 6.42 Å². The van der Waals surface area contributed by atoms with Gasteiger partial charge in [-0.05, 0) is 26.2 Å². The van der Waals surface area contributed by atoms with E-state index in [-0.39, 0.29) is 24.8 Å². The number of para-hydroxylation sites is 1. The van der Waals surface area contributed by atoms with E-state index < -0.39 is 11.2 Å². The highest BCUT2D eigenvalue weighted by molar-refractivity contribution is 8.01. The van der Waals surface area contributed by atoms with Gasteiger partial charge in [0.25, 0.3) is 0 Å². The number of carboxylic acid groups (broad SMARTS) is 1. The van der Waals surface area contributed by atoms with Gasteiger partial charge >= 0.3 is 5.97 Å². The van der Waals surface area contributed by atoms with Crippen molar-refractivity contribution < 1.29 is 19.5 Å². The molecule has 1 atom stereocenters. The molecule has 1 unspecified atom stereocenters. The molecule has 2 rings (SSSR count). The van der Waals surface area contributed by atoms with Crippen LogP contribution in [0, 0.1) is 0 Å². The molecular formula is C16H21N3O4S. The zero-order valence-electron chi connectivity index (χ0n) is 13.7. The average molecular weight is 351 g/mol. The quantitative estimate of drug-likeness (QED) is 0.761. The van der Waals surface area contributed by atoms with Crippen LogP contribution in [0.3, 0.4) is 0 Å². The van der Waals surface area contributed by atoms with Gasteiger partial charge in [-0.3, -0.25) is 14.4 Å². The fraction of sp³-hybridized carbons (Fsp3) is 0.438. The zero-order valence-corrected chi connectivity index (χ0v) is 14.5. The first kappa shape index (κ1) is 18.3. The maximum atomic E-state index is 12.5. The third-order valence-corrected chi connectivity index (χ3v) is 4.84. The van der Waals surface area contributed by atoms with E-state index in [4.69, 9.17) is 5.11 Å². The number of carboxylic acids is 1. The Balaban J connectivity index is 2.03. The van der Waals surface area contributed by atoms with Crippen molar-refractivity contribution in [2.45, 2.75) is 16.6 Å². The molecule has 0 spiro atoms. The lowest BCUT2D eigenvalue weighted by Crippen LogP contribution is -2.42. The molecule has 0 saturated carbocycles. The number of hydrogen-bond acceptors (Lipinski definition) is 5. The lowest BCUT2D eigenvalue weighted by Gasteiger charge is -2.27. The third kappa shape index (κ3) is 4.97. The largest absolute Gasteiger partial charge is 0.480 e. The number of likely N-dealkylation sites (N-methyl/N-ethyl adjacent to an activating group) is 1. The van der Waals surface area contributed by atoms with Crippen LogP contribution in [0.4, 0.5) is 5.69 Å². The minimum atomic E-state index is -1.06. The molecule has 1 aromatic rings. The number of carbonyl (C=O) groups is 3. The number of anilines is 1. The van der Waals surface area contributed by atoms with E-state index in [2.05, 4.69) is 5.32 Å². The summed E-state index contributed by atoms with van der Waals surface area (Å²) in [6.45, 7) is 0.516. The Hall–Kier alpha value is -2.06. The molecule has 1 aliphatic heterocycles. The molecule has 0 radical (unpaired) electrons. The molecule has 0 aromatic heterocycles. The van der Waals surface area contributed by atoms with Crippen molar-refractivity contribution >= 4 is 35.2 Å². The molecule has 0 aliphatic carbocycles. The van der Waals surface area contributed by atoms with Gasteiger partial charge < -0.3 is 20.2 Å². The molecule has 1 aliphatic rings. The Bertz CT molecular complexity index is 636. The fourth-order valence-corrected chi connectivity index (χ4v) is 3.39. The highest BCUT2D eigenvalue weighted by Gasteiger charge is 2.30. The molecule has 24 heavy (non-hydrogen) atoms. The summed E-state index contributed by atoms with van der Waals surface area (Å²) in [6.07, 6.45) is -0.0223. The van der Waals surface area contributed by atoms with Crippen LogP contribution in [-0.2, 0) is 14.4 Å². The molecule has 2 amide bonds. The number of amides is 2. The molecule has 0 saturated heterocycles. The molecule has 1 heterocycles. The summed E-state index contributed by atoms with van der Waals surface area (Å²) in [4.78, 5) is 39.7. The number of nitrogens with zero attached hydrogens (tertiary/aromatic N) is 2. The van der Waals surface area contributed by atoms with Crippen LogP contribution in [-0.4, -0.2) is 71.7 Å². The number of nitrogens with one attached hydrogen (secondary N) is 1. The first-order chi connectivity index (χ1) is 11.4. The summed E-state index contributed by atoms with van der Waals surface area (Å²) >= 11 is 1.34. The maximum absolute atomic E-state index is 12.5. The van der Waals surface area contributed by atoms with E-state index in [1.54, 1.807) is 0 Å². The Labute approximate surface area is 145 Å². The minimum Gasteiger partial charge on any atom is -0.480 e. The van der Waals surface area contributed by atoms with Crippen LogP contribution in [0.5, 0.6) is 0 Å². The molecule has 130 valence electrons. The van der Waals surface area contributed by atoms with Gasteiger partial charge in [0.05, 0.1) is 10.9 Å². The Kier molecular flexibility index (Phi) is 6.22. The van der Waals surface area contributed by atoms with Crippen LogP contribution in [0.15, 0.2) is 29.2 Å².